The van der Waals surface area contributed by atoms with Gasteiger partial charge in [0.15, 0.2) is 0 Å². The second kappa shape index (κ2) is 11.0. The smallest absolute Gasteiger partial charge is 0.0207 e. The molecular formula is C16H24Br2. The first-order valence-corrected chi connectivity index (χ1v) is 9.05. The van der Waals surface area contributed by atoms with Crippen molar-refractivity contribution in [2.75, 3.05) is 5.33 Å². The van der Waals surface area contributed by atoms with Gasteiger partial charge in [0.05, 0.1) is 0 Å². The summed E-state index contributed by atoms with van der Waals surface area (Å²) in [5.74, 6) is 0. The van der Waals surface area contributed by atoms with Crippen LogP contribution in [0.2, 0.25) is 0 Å². The van der Waals surface area contributed by atoms with Crippen molar-refractivity contribution in [3.63, 3.8) is 0 Å². The van der Waals surface area contributed by atoms with Crippen molar-refractivity contribution in [1.82, 2.24) is 0 Å². The summed E-state index contributed by atoms with van der Waals surface area (Å²) in [5, 5.41) is 1.17. The van der Waals surface area contributed by atoms with Crippen LogP contribution in [0.3, 0.4) is 0 Å². The van der Waals surface area contributed by atoms with Crippen molar-refractivity contribution in [3.8, 4) is 0 Å². The lowest BCUT2D eigenvalue weighted by Crippen LogP contribution is -1.87. The van der Waals surface area contributed by atoms with Crippen molar-refractivity contribution in [2.45, 2.75) is 57.8 Å². The number of benzene rings is 1. The van der Waals surface area contributed by atoms with E-state index in [0.29, 0.717) is 0 Å². The van der Waals surface area contributed by atoms with Gasteiger partial charge < -0.3 is 0 Å². The number of unbranched alkanes of at least 4 members (excludes halogenated alkanes) is 7. The lowest BCUT2D eigenvalue weighted by atomic mass is 10.0. The predicted octanol–water partition coefficient (Wildman–Crippen LogP) is 6.51. The first kappa shape index (κ1) is 16.2. The third kappa shape index (κ3) is 7.58. The van der Waals surface area contributed by atoms with Gasteiger partial charge in [-0.15, -0.1) is 0 Å². The maximum atomic E-state index is 3.61. The van der Waals surface area contributed by atoms with Crippen LogP contribution in [0.4, 0.5) is 0 Å². The fourth-order valence-corrected chi connectivity index (χ4v) is 3.05. The average molecular weight is 376 g/mol. The van der Waals surface area contributed by atoms with E-state index in [2.05, 4.69) is 56.1 Å². The molecule has 0 nitrogen and oxygen atoms in total. The van der Waals surface area contributed by atoms with Crippen LogP contribution in [0.1, 0.15) is 56.9 Å². The highest BCUT2D eigenvalue weighted by atomic mass is 79.9. The van der Waals surface area contributed by atoms with E-state index in [4.69, 9.17) is 0 Å². The third-order valence-electron chi connectivity index (χ3n) is 3.29. The SMILES string of the molecule is BrCCCCCCCCCCc1ccccc1Br. The standard InChI is InChI=1S/C16H24Br2/c17-14-10-6-4-2-1-3-5-7-11-15-12-8-9-13-16(15)18/h8-9,12-13H,1-7,10-11,14H2. The second-order valence-corrected chi connectivity index (χ2v) is 6.51. The molecule has 0 fully saturated rings. The second-order valence-electron chi connectivity index (χ2n) is 4.86. The molecule has 0 bridgehead atoms. The van der Waals surface area contributed by atoms with Crippen LogP contribution in [0.5, 0.6) is 0 Å². The van der Waals surface area contributed by atoms with Crippen molar-refractivity contribution in [3.05, 3.63) is 34.3 Å². The van der Waals surface area contributed by atoms with Crippen LogP contribution >= 0.6 is 31.9 Å². The summed E-state index contributed by atoms with van der Waals surface area (Å²) < 4.78 is 1.26. The summed E-state index contributed by atoms with van der Waals surface area (Å²) in [6.45, 7) is 0. The Balaban J connectivity index is 1.94. The van der Waals surface area contributed by atoms with E-state index in [1.807, 2.05) is 0 Å². The quantitative estimate of drug-likeness (QED) is 0.323. The van der Waals surface area contributed by atoms with Crippen molar-refractivity contribution < 1.29 is 0 Å². The zero-order valence-corrected chi connectivity index (χ0v) is 14.3. The lowest BCUT2D eigenvalue weighted by molar-refractivity contribution is 0.577. The number of rotatable bonds is 10. The van der Waals surface area contributed by atoms with Crippen LogP contribution in [0, 0.1) is 0 Å². The van der Waals surface area contributed by atoms with Gasteiger partial charge in [0, 0.05) is 9.80 Å². The minimum atomic E-state index is 1.17. The number of aryl methyl sites for hydroxylation is 1. The Labute approximate surface area is 129 Å². The summed E-state index contributed by atoms with van der Waals surface area (Å²) in [6.07, 6.45) is 12.3. The number of hydrogen-bond acceptors (Lipinski definition) is 0. The fraction of sp³-hybridized carbons (Fsp3) is 0.625. The summed E-state index contributed by atoms with van der Waals surface area (Å²) in [5.41, 5.74) is 1.45. The summed E-state index contributed by atoms with van der Waals surface area (Å²) in [4.78, 5) is 0. The van der Waals surface area contributed by atoms with E-state index in [-0.39, 0.29) is 0 Å². The average Bonchev–Trinajstić information content (AvgIpc) is 2.39. The molecule has 1 aromatic carbocycles. The van der Waals surface area contributed by atoms with Crippen molar-refractivity contribution in [1.29, 1.82) is 0 Å². The van der Waals surface area contributed by atoms with Gasteiger partial charge in [-0.05, 0) is 30.9 Å². The van der Waals surface area contributed by atoms with Gasteiger partial charge >= 0.3 is 0 Å². The molecule has 0 aliphatic carbocycles. The third-order valence-corrected chi connectivity index (χ3v) is 4.62. The number of halogens is 2. The Hall–Kier alpha value is 0.180. The van der Waals surface area contributed by atoms with Gasteiger partial charge in [-0.25, -0.2) is 0 Å². The highest BCUT2D eigenvalue weighted by molar-refractivity contribution is 9.10. The normalized spacial score (nSPS) is 10.8. The van der Waals surface area contributed by atoms with Gasteiger partial charge in [0.1, 0.15) is 0 Å². The van der Waals surface area contributed by atoms with E-state index in [9.17, 15) is 0 Å². The van der Waals surface area contributed by atoms with Crippen molar-refractivity contribution >= 4 is 31.9 Å². The minimum Gasteiger partial charge on any atom is -0.0928 e. The van der Waals surface area contributed by atoms with Crippen LogP contribution in [0.15, 0.2) is 28.7 Å². The molecule has 0 aromatic heterocycles. The zero-order valence-electron chi connectivity index (χ0n) is 11.1. The highest BCUT2D eigenvalue weighted by Gasteiger charge is 1.98. The molecule has 0 N–H and O–H groups in total. The summed E-state index contributed by atoms with van der Waals surface area (Å²) >= 11 is 7.09. The molecule has 18 heavy (non-hydrogen) atoms. The van der Waals surface area contributed by atoms with E-state index in [1.165, 1.54) is 73.2 Å². The molecule has 0 aliphatic heterocycles. The Morgan fingerprint density at radius 1 is 0.722 bits per heavy atom. The molecule has 1 rings (SSSR count). The largest absolute Gasteiger partial charge is 0.0928 e. The molecule has 102 valence electrons. The molecule has 0 atom stereocenters. The maximum absolute atomic E-state index is 3.61. The fourth-order valence-electron chi connectivity index (χ4n) is 2.17. The monoisotopic (exact) mass is 374 g/mol. The first-order chi connectivity index (χ1) is 8.84. The topological polar surface area (TPSA) is 0 Å². The number of hydrogen-bond donors (Lipinski definition) is 0. The molecule has 2 heteroatoms. The molecule has 0 heterocycles. The maximum Gasteiger partial charge on any atom is 0.0207 e. The van der Waals surface area contributed by atoms with E-state index in [0.717, 1.165) is 0 Å². The van der Waals surface area contributed by atoms with Gasteiger partial charge in [-0.2, -0.15) is 0 Å². The van der Waals surface area contributed by atoms with Gasteiger partial charge in [-0.1, -0.05) is 88.6 Å². The van der Waals surface area contributed by atoms with Gasteiger partial charge in [0.25, 0.3) is 0 Å². The Morgan fingerprint density at radius 3 is 1.89 bits per heavy atom. The van der Waals surface area contributed by atoms with Crippen molar-refractivity contribution in [2.24, 2.45) is 0 Å². The molecule has 0 unspecified atom stereocenters. The zero-order chi connectivity index (χ0) is 13.1. The Kier molecular flexibility index (Phi) is 9.96. The van der Waals surface area contributed by atoms with Gasteiger partial charge in [-0.3, -0.25) is 0 Å². The first-order valence-electron chi connectivity index (χ1n) is 7.14. The van der Waals surface area contributed by atoms with Crippen LogP contribution in [-0.4, -0.2) is 5.33 Å². The molecule has 0 saturated carbocycles. The molecule has 0 amide bonds. The molecule has 0 radical (unpaired) electrons. The van der Waals surface area contributed by atoms with Crippen LogP contribution in [-0.2, 0) is 6.42 Å². The number of alkyl halides is 1. The molecule has 0 spiro atoms. The van der Waals surface area contributed by atoms with Crippen LogP contribution in [0.25, 0.3) is 0 Å². The molecule has 0 aliphatic rings. The highest BCUT2D eigenvalue weighted by Crippen LogP contribution is 2.19. The van der Waals surface area contributed by atoms with Crippen LogP contribution < -0.4 is 0 Å². The predicted molar refractivity (Wildman–Crippen MR) is 88.6 cm³/mol. The Bertz CT molecular complexity index is 310. The Morgan fingerprint density at radius 2 is 1.28 bits per heavy atom. The van der Waals surface area contributed by atoms with E-state index >= 15 is 0 Å². The molecule has 1 aromatic rings. The minimum absolute atomic E-state index is 1.17. The summed E-state index contributed by atoms with van der Waals surface area (Å²) in [7, 11) is 0. The lowest BCUT2D eigenvalue weighted by Gasteiger charge is -2.04. The summed E-state index contributed by atoms with van der Waals surface area (Å²) in [6, 6.07) is 8.58. The van der Waals surface area contributed by atoms with E-state index in [1.54, 1.807) is 0 Å². The molecule has 0 saturated heterocycles. The van der Waals surface area contributed by atoms with E-state index < -0.39 is 0 Å². The van der Waals surface area contributed by atoms with Gasteiger partial charge in [0.2, 0.25) is 0 Å². The molecular weight excluding hydrogens is 352 g/mol.